The van der Waals surface area contributed by atoms with E-state index in [0.717, 1.165) is 15.8 Å². The molecule has 1 aliphatic heterocycles. The van der Waals surface area contributed by atoms with E-state index < -0.39 is 0 Å². The van der Waals surface area contributed by atoms with E-state index in [1.807, 2.05) is 36.4 Å². The van der Waals surface area contributed by atoms with Crippen LogP contribution in [0.25, 0.3) is 0 Å². The van der Waals surface area contributed by atoms with Crippen LogP contribution >= 0.6 is 15.9 Å². The smallest absolute Gasteiger partial charge is 0.235 e. The molecule has 0 bridgehead atoms. The van der Waals surface area contributed by atoms with Crippen LogP contribution in [0.2, 0.25) is 0 Å². The van der Waals surface area contributed by atoms with Gasteiger partial charge in [-0.15, -0.1) is 0 Å². The van der Waals surface area contributed by atoms with E-state index in [0.29, 0.717) is 18.0 Å². The maximum Gasteiger partial charge on any atom is 0.235 e. The molecular weight excluding hydrogens is 334 g/mol. The van der Waals surface area contributed by atoms with Gasteiger partial charge in [-0.05, 0) is 24.3 Å². The lowest BCUT2D eigenvalue weighted by molar-refractivity contribution is -0.117. The van der Waals surface area contributed by atoms with Crippen LogP contribution in [0, 0.1) is 0 Å². The summed E-state index contributed by atoms with van der Waals surface area (Å²) in [6.07, 6.45) is 0. The standard InChI is InChI=1S/C16H14BrNO3/c1-20-15-7-6-10(17)8-13(15)18-16(19)12-9-21-14-5-3-2-4-11(12)14/h2-8,12H,9H2,1H3,(H,18,19). The first-order chi connectivity index (χ1) is 10.2. The van der Waals surface area contributed by atoms with E-state index in [2.05, 4.69) is 21.2 Å². The highest BCUT2D eigenvalue weighted by atomic mass is 79.9. The molecule has 1 heterocycles. The summed E-state index contributed by atoms with van der Waals surface area (Å²) in [4.78, 5) is 12.5. The first-order valence-electron chi connectivity index (χ1n) is 6.55. The third-order valence-corrected chi connectivity index (χ3v) is 3.93. The average molecular weight is 348 g/mol. The molecule has 2 aromatic carbocycles. The third-order valence-electron chi connectivity index (χ3n) is 3.44. The minimum atomic E-state index is -0.301. The van der Waals surface area contributed by atoms with Crippen molar-refractivity contribution in [1.82, 2.24) is 0 Å². The average Bonchev–Trinajstić information content (AvgIpc) is 2.91. The zero-order chi connectivity index (χ0) is 14.8. The predicted octanol–water partition coefficient (Wildman–Crippen LogP) is 3.57. The number of nitrogens with one attached hydrogen (secondary N) is 1. The van der Waals surface area contributed by atoms with E-state index in [1.165, 1.54) is 0 Å². The number of carbonyl (C=O) groups is 1. The Balaban J connectivity index is 1.83. The van der Waals surface area contributed by atoms with Crippen molar-refractivity contribution in [2.45, 2.75) is 5.92 Å². The van der Waals surface area contributed by atoms with E-state index >= 15 is 0 Å². The SMILES string of the molecule is COc1ccc(Br)cc1NC(=O)C1COc2ccccc21. The van der Waals surface area contributed by atoms with Gasteiger partial charge in [-0.1, -0.05) is 34.1 Å². The second-order valence-electron chi connectivity index (χ2n) is 4.74. The summed E-state index contributed by atoms with van der Waals surface area (Å²) in [5.41, 5.74) is 1.56. The van der Waals surface area contributed by atoms with Gasteiger partial charge in [0.1, 0.15) is 24.0 Å². The van der Waals surface area contributed by atoms with Crippen molar-refractivity contribution >= 4 is 27.5 Å². The molecule has 21 heavy (non-hydrogen) atoms. The van der Waals surface area contributed by atoms with Crippen molar-refractivity contribution in [3.63, 3.8) is 0 Å². The lowest BCUT2D eigenvalue weighted by atomic mass is 10.0. The Labute approximate surface area is 131 Å². The molecule has 4 nitrogen and oxygen atoms in total. The molecule has 0 aliphatic carbocycles. The molecular formula is C16H14BrNO3. The topological polar surface area (TPSA) is 47.6 Å². The normalized spacial score (nSPS) is 16.0. The summed E-state index contributed by atoms with van der Waals surface area (Å²) in [6, 6.07) is 13.1. The van der Waals surface area contributed by atoms with E-state index in [-0.39, 0.29) is 11.8 Å². The van der Waals surface area contributed by atoms with Gasteiger partial charge in [0, 0.05) is 10.0 Å². The van der Waals surface area contributed by atoms with E-state index in [4.69, 9.17) is 9.47 Å². The molecule has 5 heteroatoms. The molecule has 0 saturated carbocycles. The molecule has 0 radical (unpaired) electrons. The first kappa shape index (κ1) is 13.9. The molecule has 1 N–H and O–H groups in total. The Bertz CT molecular complexity index is 687. The number of carbonyl (C=O) groups excluding carboxylic acids is 1. The monoisotopic (exact) mass is 347 g/mol. The zero-order valence-corrected chi connectivity index (χ0v) is 13.0. The van der Waals surface area contributed by atoms with Crippen LogP contribution < -0.4 is 14.8 Å². The summed E-state index contributed by atoms with van der Waals surface area (Å²) in [6.45, 7) is 0.363. The van der Waals surface area contributed by atoms with Crippen LogP contribution in [-0.2, 0) is 4.79 Å². The molecule has 0 fully saturated rings. The number of methoxy groups -OCH3 is 1. The number of ether oxygens (including phenoxy) is 2. The van der Waals surface area contributed by atoms with Gasteiger partial charge in [-0.25, -0.2) is 0 Å². The van der Waals surface area contributed by atoms with Crippen LogP contribution in [0.1, 0.15) is 11.5 Å². The Morgan fingerprint density at radius 2 is 2.14 bits per heavy atom. The van der Waals surface area contributed by atoms with Crippen LogP contribution in [0.3, 0.4) is 0 Å². The Hall–Kier alpha value is -2.01. The quantitative estimate of drug-likeness (QED) is 0.923. The van der Waals surface area contributed by atoms with Gasteiger partial charge in [-0.2, -0.15) is 0 Å². The van der Waals surface area contributed by atoms with Crippen molar-refractivity contribution < 1.29 is 14.3 Å². The molecule has 0 aromatic heterocycles. The molecule has 1 unspecified atom stereocenters. The van der Waals surface area contributed by atoms with Gasteiger partial charge in [0.15, 0.2) is 0 Å². The minimum absolute atomic E-state index is 0.101. The summed E-state index contributed by atoms with van der Waals surface area (Å²) in [5.74, 6) is 0.999. The number of fused-ring (bicyclic) bond motifs is 1. The maximum absolute atomic E-state index is 12.5. The number of rotatable bonds is 3. The van der Waals surface area contributed by atoms with E-state index in [9.17, 15) is 4.79 Å². The molecule has 3 rings (SSSR count). The number of para-hydroxylation sites is 1. The van der Waals surface area contributed by atoms with Gasteiger partial charge in [-0.3, -0.25) is 4.79 Å². The molecule has 1 atom stereocenters. The molecule has 0 saturated heterocycles. The number of hydrogen-bond donors (Lipinski definition) is 1. The third kappa shape index (κ3) is 2.74. The largest absolute Gasteiger partial charge is 0.495 e. The second kappa shape index (κ2) is 5.77. The predicted molar refractivity (Wildman–Crippen MR) is 84.0 cm³/mol. The minimum Gasteiger partial charge on any atom is -0.495 e. The fourth-order valence-corrected chi connectivity index (χ4v) is 2.74. The van der Waals surface area contributed by atoms with Crippen molar-refractivity contribution in [2.24, 2.45) is 0 Å². The maximum atomic E-state index is 12.5. The van der Waals surface area contributed by atoms with Crippen molar-refractivity contribution in [1.29, 1.82) is 0 Å². The van der Waals surface area contributed by atoms with Crippen LogP contribution in [-0.4, -0.2) is 19.6 Å². The highest BCUT2D eigenvalue weighted by Gasteiger charge is 2.30. The van der Waals surface area contributed by atoms with Crippen molar-refractivity contribution in [3.8, 4) is 11.5 Å². The Morgan fingerprint density at radius 1 is 1.33 bits per heavy atom. The van der Waals surface area contributed by atoms with Crippen molar-refractivity contribution in [2.75, 3.05) is 19.0 Å². The summed E-state index contributed by atoms with van der Waals surface area (Å²) in [5, 5.41) is 2.91. The van der Waals surface area contributed by atoms with Crippen LogP contribution in [0.4, 0.5) is 5.69 Å². The fourth-order valence-electron chi connectivity index (χ4n) is 2.38. The molecule has 0 spiro atoms. The van der Waals surface area contributed by atoms with Gasteiger partial charge in [0.05, 0.1) is 12.8 Å². The molecule has 1 aliphatic rings. The number of benzene rings is 2. The summed E-state index contributed by atoms with van der Waals surface area (Å²) < 4.78 is 11.7. The number of amides is 1. The lowest BCUT2D eigenvalue weighted by Gasteiger charge is -2.13. The molecule has 108 valence electrons. The van der Waals surface area contributed by atoms with Crippen LogP contribution in [0.5, 0.6) is 11.5 Å². The van der Waals surface area contributed by atoms with Gasteiger partial charge in [0.25, 0.3) is 0 Å². The Morgan fingerprint density at radius 3 is 2.95 bits per heavy atom. The number of anilines is 1. The van der Waals surface area contributed by atoms with Gasteiger partial charge < -0.3 is 14.8 Å². The molecule has 1 amide bonds. The highest BCUT2D eigenvalue weighted by molar-refractivity contribution is 9.10. The van der Waals surface area contributed by atoms with Crippen LogP contribution in [0.15, 0.2) is 46.9 Å². The van der Waals surface area contributed by atoms with Crippen molar-refractivity contribution in [3.05, 3.63) is 52.5 Å². The van der Waals surface area contributed by atoms with Gasteiger partial charge >= 0.3 is 0 Å². The zero-order valence-electron chi connectivity index (χ0n) is 11.4. The Kier molecular flexibility index (Phi) is 3.84. The number of halogens is 1. The lowest BCUT2D eigenvalue weighted by Crippen LogP contribution is -2.22. The summed E-state index contributed by atoms with van der Waals surface area (Å²) >= 11 is 3.39. The second-order valence-corrected chi connectivity index (χ2v) is 5.65. The van der Waals surface area contributed by atoms with E-state index in [1.54, 1.807) is 13.2 Å². The highest BCUT2D eigenvalue weighted by Crippen LogP contribution is 2.35. The fraction of sp³-hybridized carbons (Fsp3) is 0.188. The molecule has 2 aromatic rings. The van der Waals surface area contributed by atoms with Gasteiger partial charge in [0.2, 0.25) is 5.91 Å². The first-order valence-corrected chi connectivity index (χ1v) is 7.34. The summed E-state index contributed by atoms with van der Waals surface area (Å²) in [7, 11) is 1.58. The number of hydrogen-bond acceptors (Lipinski definition) is 3.